The third-order valence-corrected chi connectivity index (χ3v) is 7.67. The van der Waals surface area contributed by atoms with E-state index in [1.165, 1.54) is 8.99 Å². The van der Waals surface area contributed by atoms with E-state index in [2.05, 4.69) is 5.10 Å². The minimum atomic E-state index is -3.84. The fourth-order valence-corrected chi connectivity index (χ4v) is 5.92. The van der Waals surface area contributed by atoms with Crippen LogP contribution < -0.4 is 9.47 Å². The number of hydrogen-bond donors (Lipinski definition) is 0. The third kappa shape index (κ3) is 3.17. The fourth-order valence-electron chi connectivity index (χ4n) is 3.69. The molecule has 2 aliphatic rings. The van der Waals surface area contributed by atoms with Crippen molar-refractivity contribution in [2.24, 2.45) is 13.0 Å². The van der Waals surface area contributed by atoms with Crippen molar-refractivity contribution in [1.29, 1.82) is 0 Å². The molecule has 0 spiro atoms. The van der Waals surface area contributed by atoms with Crippen LogP contribution in [0, 0.1) is 12.8 Å². The Morgan fingerprint density at radius 3 is 2.75 bits per heavy atom. The van der Waals surface area contributed by atoms with Crippen LogP contribution in [0.25, 0.3) is 0 Å². The van der Waals surface area contributed by atoms with Crippen molar-refractivity contribution in [2.75, 3.05) is 19.9 Å². The molecule has 4 rings (SSSR count). The Hall–Kier alpha value is -2.10. The Bertz CT molecular complexity index is 1050. The molecule has 0 amide bonds. The zero-order chi connectivity index (χ0) is 20.1. The van der Waals surface area contributed by atoms with E-state index in [0.717, 1.165) is 0 Å². The Labute approximate surface area is 168 Å². The molecule has 1 fully saturated rings. The molecular formula is C18H20ClN3O5S. The number of aromatic nitrogens is 2. The van der Waals surface area contributed by atoms with Crippen LogP contribution in [0.15, 0.2) is 23.1 Å². The van der Waals surface area contributed by atoms with Gasteiger partial charge in [-0.05, 0) is 38.0 Å². The predicted octanol–water partition coefficient (Wildman–Crippen LogP) is 2.39. The Morgan fingerprint density at radius 1 is 1.29 bits per heavy atom. The number of fused-ring (bicyclic) bond motifs is 1. The molecule has 1 saturated heterocycles. The molecule has 1 aromatic carbocycles. The molecule has 8 nitrogen and oxygen atoms in total. The summed E-state index contributed by atoms with van der Waals surface area (Å²) in [4.78, 5) is 13.0. The first-order valence-electron chi connectivity index (χ1n) is 8.92. The Kier molecular flexibility index (Phi) is 4.84. The fraction of sp³-hybridized carbons (Fsp3) is 0.444. The van der Waals surface area contributed by atoms with Gasteiger partial charge >= 0.3 is 0 Å². The lowest BCUT2D eigenvalue weighted by atomic mass is 9.91. The van der Waals surface area contributed by atoms with Gasteiger partial charge in [0.1, 0.15) is 10.0 Å². The summed E-state index contributed by atoms with van der Waals surface area (Å²) in [6, 6.07) is 5.04. The number of rotatable bonds is 4. The van der Waals surface area contributed by atoms with E-state index in [4.69, 9.17) is 21.1 Å². The van der Waals surface area contributed by atoms with Crippen LogP contribution in [0.4, 0.5) is 0 Å². The van der Waals surface area contributed by atoms with E-state index in [-0.39, 0.29) is 29.2 Å². The average molecular weight is 426 g/mol. The van der Waals surface area contributed by atoms with Gasteiger partial charge in [-0.25, -0.2) is 8.42 Å². The summed E-state index contributed by atoms with van der Waals surface area (Å²) >= 11 is 6.17. The van der Waals surface area contributed by atoms with Crippen molar-refractivity contribution in [1.82, 2.24) is 14.1 Å². The molecule has 0 bridgehead atoms. The largest absolute Gasteiger partial charge is 0.454 e. The number of Topliss-reactive ketones (excluding diaryl/α,β-unsaturated/α-hetero) is 1. The number of hydrogen-bond acceptors (Lipinski definition) is 6. The average Bonchev–Trinajstić information content (AvgIpc) is 3.24. The number of halogens is 1. The zero-order valence-electron chi connectivity index (χ0n) is 15.5. The number of nitrogens with zero attached hydrogens (tertiary/aromatic N) is 3. The summed E-state index contributed by atoms with van der Waals surface area (Å²) in [5.41, 5.74) is 0.834. The maximum Gasteiger partial charge on any atom is 0.248 e. The number of ketones is 1. The lowest BCUT2D eigenvalue weighted by molar-refractivity contribution is 0.0872. The monoisotopic (exact) mass is 425 g/mol. The molecule has 150 valence electrons. The number of aryl methyl sites for hydroxylation is 2. The predicted molar refractivity (Wildman–Crippen MR) is 101 cm³/mol. The highest BCUT2D eigenvalue weighted by Crippen LogP contribution is 2.35. The van der Waals surface area contributed by atoms with Gasteiger partial charge in [0.25, 0.3) is 0 Å². The smallest absolute Gasteiger partial charge is 0.248 e. The van der Waals surface area contributed by atoms with Gasteiger partial charge in [0, 0.05) is 31.6 Å². The van der Waals surface area contributed by atoms with Gasteiger partial charge in [0.2, 0.25) is 16.8 Å². The molecule has 28 heavy (non-hydrogen) atoms. The maximum absolute atomic E-state index is 13.1. The van der Waals surface area contributed by atoms with Gasteiger partial charge in [-0.3, -0.25) is 9.48 Å². The van der Waals surface area contributed by atoms with Crippen molar-refractivity contribution < 1.29 is 22.7 Å². The standard InChI is InChI=1S/C18H20ClN3O5S/c1-11-17(18(19)21(2)20-11)28(24,25)22-7-3-4-13(9-22)16(23)12-5-6-14-15(8-12)27-10-26-14/h5-6,8,13H,3-4,7,9-10H2,1-2H3/t13-/m1/s1. The van der Waals surface area contributed by atoms with Crippen LogP contribution in [0.3, 0.4) is 0 Å². The molecule has 10 heteroatoms. The number of carbonyl (C=O) groups excluding carboxylic acids is 1. The number of piperidine rings is 1. The summed E-state index contributed by atoms with van der Waals surface area (Å²) in [7, 11) is -2.25. The molecule has 0 N–H and O–H groups in total. The Balaban J connectivity index is 1.58. The summed E-state index contributed by atoms with van der Waals surface area (Å²) in [6.07, 6.45) is 1.22. The third-order valence-electron chi connectivity index (χ3n) is 5.11. The first kappa shape index (κ1) is 19.2. The summed E-state index contributed by atoms with van der Waals surface area (Å²) < 4.78 is 39.6. The number of benzene rings is 1. The van der Waals surface area contributed by atoms with Gasteiger partial charge < -0.3 is 9.47 Å². The summed E-state index contributed by atoms with van der Waals surface area (Å²) in [5, 5.41) is 4.16. The van der Waals surface area contributed by atoms with Crippen LogP contribution in [0.1, 0.15) is 28.9 Å². The van der Waals surface area contributed by atoms with Crippen molar-refractivity contribution in [3.63, 3.8) is 0 Å². The van der Waals surface area contributed by atoms with Gasteiger partial charge in [0.15, 0.2) is 17.3 Å². The summed E-state index contributed by atoms with van der Waals surface area (Å²) in [5.74, 6) is 0.599. The lowest BCUT2D eigenvalue weighted by Crippen LogP contribution is -2.42. The van der Waals surface area contributed by atoms with Crippen molar-refractivity contribution >= 4 is 27.4 Å². The second-order valence-corrected chi connectivity index (χ2v) is 9.20. The molecule has 0 saturated carbocycles. The molecule has 0 unspecified atom stereocenters. The highest BCUT2D eigenvalue weighted by atomic mass is 35.5. The number of carbonyl (C=O) groups is 1. The highest BCUT2D eigenvalue weighted by Gasteiger charge is 2.37. The van der Waals surface area contributed by atoms with E-state index in [9.17, 15) is 13.2 Å². The first-order valence-corrected chi connectivity index (χ1v) is 10.7. The van der Waals surface area contributed by atoms with E-state index < -0.39 is 15.9 Å². The highest BCUT2D eigenvalue weighted by molar-refractivity contribution is 7.89. The minimum absolute atomic E-state index is 0.00726. The van der Waals surface area contributed by atoms with Gasteiger partial charge in [0.05, 0.1) is 5.69 Å². The molecule has 3 heterocycles. The van der Waals surface area contributed by atoms with E-state index in [0.29, 0.717) is 42.1 Å². The second kappa shape index (κ2) is 7.06. The van der Waals surface area contributed by atoms with Crippen molar-refractivity contribution in [2.45, 2.75) is 24.7 Å². The van der Waals surface area contributed by atoms with Crippen LogP contribution in [0.2, 0.25) is 5.15 Å². The maximum atomic E-state index is 13.1. The zero-order valence-corrected chi connectivity index (χ0v) is 17.1. The van der Waals surface area contributed by atoms with E-state index >= 15 is 0 Å². The van der Waals surface area contributed by atoms with Crippen molar-refractivity contribution in [3.8, 4) is 11.5 Å². The van der Waals surface area contributed by atoms with Gasteiger partial charge in [-0.15, -0.1) is 0 Å². The topological polar surface area (TPSA) is 90.7 Å². The SMILES string of the molecule is Cc1nn(C)c(Cl)c1S(=O)(=O)N1CCC[C@@H](C(=O)c2ccc3c(c2)OCO3)C1. The van der Waals surface area contributed by atoms with Crippen LogP contribution in [-0.4, -0.2) is 48.2 Å². The molecule has 0 radical (unpaired) electrons. The number of ether oxygens (including phenoxy) is 2. The molecule has 2 aliphatic heterocycles. The van der Waals surface area contributed by atoms with Crippen LogP contribution in [-0.2, 0) is 17.1 Å². The van der Waals surface area contributed by atoms with E-state index in [1.807, 2.05) is 0 Å². The number of sulfonamides is 1. The molecule has 1 aromatic heterocycles. The van der Waals surface area contributed by atoms with Crippen molar-refractivity contribution in [3.05, 3.63) is 34.6 Å². The molecule has 1 atom stereocenters. The molecular weight excluding hydrogens is 406 g/mol. The quantitative estimate of drug-likeness (QED) is 0.698. The van der Waals surface area contributed by atoms with Gasteiger partial charge in [-0.2, -0.15) is 9.40 Å². The lowest BCUT2D eigenvalue weighted by Gasteiger charge is -2.31. The normalized spacial score (nSPS) is 19.8. The summed E-state index contributed by atoms with van der Waals surface area (Å²) in [6.45, 7) is 2.20. The second-order valence-electron chi connectivity index (χ2n) is 6.96. The first-order chi connectivity index (χ1) is 13.3. The van der Waals surface area contributed by atoms with E-state index in [1.54, 1.807) is 32.2 Å². The molecule has 2 aromatic rings. The van der Waals surface area contributed by atoms with Gasteiger partial charge in [-0.1, -0.05) is 11.6 Å². The van der Waals surface area contributed by atoms with Crippen LogP contribution >= 0.6 is 11.6 Å². The van der Waals surface area contributed by atoms with Crippen LogP contribution in [0.5, 0.6) is 11.5 Å². The Morgan fingerprint density at radius 2 is 2.04 bits per heavy atom. The minimum Gasteiger partial charge on any atom is -0.454 e. The molecule has 0 aliphatic carbocycles.